The number of ketones is 1. The fraction of sp³-hybridized carbons (Fsp3) is 0.0526. The number of nitrogens with zero attached hydrogens (tertiary/aromatic N) is 1. The van der Waals surface area contributed by atoms with Crippen LogP contribution in [0.3, 0.4) is 0 Å². The summed E-state index contributed by atoms with van der Waals surface area (Å²) in [6.45, 7) is 1.61. The van der Waals surface area contributed by atoms with Crippen LogP contribution in [-0.2, 0) is 0 Å². The Labute approximate surface area is 151 Å². The maximum atomic E-state index is 11.4. The van der Waals surface area contributed by atoms with Crippen molar-refractivity contribution in [2.45, 2.75) is 6.92 Å². The van der Waals surface area contributed by atoms with Crippen LogP contribution < -0.4 is 0 Å². The van der Waals surface area contributed by atoms with Gasteiger partial charge < -0.3 is 0 Å². The molecule has 24 heavy (non-hydrogen) atoms. The number of thiazole rings is 1. The number of carbonyl (C=O) groups excluding carboxylic acids is 1. The lowest BCUT2D eigenvalue weighted by Gasteiger charge is -1.89. The number of Topliss-reactive ketones (excluding diaryl/α,β-unsaturated/α-hetero) is 1. The Bertz CT molecular complexity index is 1020. The van der Waals surface area contributed by atoms with Crippen LogP contribution in [0.15, 0.2) is 48.5 Å². The first-order valence-corrected chi connectivity index (χ1v) is 9.88. The van der Waals surface area contributed by atoms with Gasteiger partial charge in [0.05, 0.1) is 15.1 Å². The third-order valence-corrected chi connectivity index (χ3v) is 6.96. The van der Waals surface area contributed by atoms with Crippen molar-refractivity contribution in [3.05, 3.63) is 63.3 Å². The van der Waals surface area contributed by atoms with E-state index in [0.29, 0.717) is 0 Å². The lowest BCUT2D eigenvalue weighted by Crippen LogP contribution is -1.83. The van der Waals surface area contributed by atoms with Crippen molar-refractivity contribution in [2.24, 2.45) is 0 Å². The average Bonchev–Trinajstić information content (AvgIpc) is 3.30. The number of thiophene rings is 2. The molecule has 5 heteroatoms. The van der Waals surface area contributed by atoms with Crippen LogP contribution >= 0.6 is 34.0 Å². The van der Waals surface area contributed by atoms with Crippen molar-refractivity contribution in [1.29, 1.82) is 0 Å². The summed E-state index contributed by atoms with van der Waals surface area (Å²) in [4.78, 5) is 20.4. The second-order valence-corrected chi connectivity index (χ2v) is 8.54. The molecule has 3 aromatic heterocycles. The number of hydrogen-bond donors (Lipinski definition) is 0. The molecule has 118 valence electrons. The zero-order valence-electron chi connectivity index (χ0n) is 12.9. The molecule has 0 bridgehead atoms. The van der Waals surface area contributed by atoms with E-state index in [1.54, 1.807) is 40.9 Å². The highest BCUT2D eigenvalue weighted by atomic mass is 32.1. The lowest BCUT2D eigenvalue weighted by atomic mass is 10.3. The molecule has 0 N–H and O–H groups in total. The minimum atomic E-state index is 0.124. The molecule has 0 aliphatic rings. The van der Waals surface area contributed by atoms with E-state index in [-0.39, 0.29) is 5.78 Å². The molecular formula is C19H13NOS3. The van der Waals surface area contributed by atoms with E-state index < -0.39 is 0 Å². The summed E-state index contributed by atoms with van der Waals surface area (Å²) in [6, 6.07) is 16.3. The van der Waals surface area contributed by atoms with E-state index in [0.717, 1.165) is 20.3 Å². The average molecular weight is 368 g/mol. The van der Waals surface area contributed by atoms with Crippen molar-refractivity contribution in [1.82, 2.24) is 4.98 Å². The van der Waals surface area contributed by atoms with Crippen molar-refractivity contribution in [3.63, 3.8) is 0 Å². The van der Waals surface area contributed by atoms with Crippen LogP contribution in [0.5, 0.6) is 0 Å². The topological polar surface area (TPSA) is 30.0 Å². The molecule has 0 fully saturated rings. The Balaban J connectivity index is 1.56. The number of benzene rings is 1. The predicted octanol–water partition coefficient (Wildman–Crippen LogP) is 6.46. The fourth-order valence-corrected chi connectivity index (χ4v) is 5.12. The molecular weight excluding hydrogens is 354 g/mol. The van der Waals surface area contributed by atoms with E-state index in [4.69, 9.17) is 0 Å². The molecule has 4 aromatic rings. The van der Waals surface area contributed by atoms with Crippen LogP contribution in [0, 0.1) is 0 Å². The fourth-order valence-electron chi connectivity index (χ4n) is 2.35. The molecule has 0 saturated heterocycles. The molecule has 2 nitrogen and oxygen atoms in total. The van der Waals surface area contributed by atoms with Crippen molar-refractivity contribution < 1.29 is 4.79 Å². The Morgan fingerprint density at radius 2 is 1.71 bits per heavy atom. The lowest BCUT2D eigenvalue weighted by molar-refractivity contribution is 0.102. The zero-order valence-corrected chi connectivity index (χ0v) is 15.3. The van der Waals surface area contributed by atoms with Crippen LogP contribution in [-0.4, -0.2) is 10.8 Å². The van der Waals surface area contributed by atoms with Gasteiger partial charge in [-0.25, -0.2) is 4.98 Å². The van der Waals surface area contributed by atoms with Crippen LogP contribution in [0.25, 0.3) is 32.1 Å². The molecule has 0 aliphatic heterocycles. The van der Waals surface area contributed by atoms with Gasteiger partial charge in [-0.2, -0.15) is 0 Å². The SMILES string of the molecule is CC(=O)c1ccc(-c2ccc(/C=C/c3nc4ccccc4s3)s2)s1. The molecule has 0 amide bonds. The number of carbonyl (C=O) groups is 1. The normalized spacial score (nSPS) is 11.5. The number of fused-ring (bicyclic) bond motifs is 1. The quantitative estimate of drug-likeness (QED) is 0.387. The summed E-state index contributed by atoms with van der Waals surface area (Å²) < 4.78 is 1.21. The number of aromatic nitrogens is 1. The Hall–Kier alpha value is -2.08. The largest absolute Gasteiger partial charge is 0.294 e. The van der Waals surface area contributed by atoms with E-state index >= 15 is 0 Å². The number of rotatable bonds is 4. The zero-order chi connectivity index (χ0) is 16.5. The third-order valence-electron chi connectivity index (χ3n) is 3.52. The minimum Gasteiger partial charge on any atom is -0.294 e. The second-order valence-electron chi connectivity index (χ2n) is 5.28. The molecule has 1 aromatic carbocycles. The second kappa shape index (κ2) is 6.43. The maximum absolute atomic E-state index is 11.4. The third kappa shape index (κ3) is 3.11. The number of hydrogen-bond acceptors (Lipinski definition) is 5. The van der Waals surface area contributed by atoms with E-state index in [1.807, 2.05) is 30.3 Å². The van der Waals surface area contributed by atoms with Gasteiger partial charge in [0.15, 0.2) is 5.78 Å². The summed E-state index contributed by atoms with van der Waals surface area (Å²) >= 11 is 4.98. The van der Waals surface area contributed by atoms with Crippen LogP contribution in [0.1, 0.15) is 26.5 Å². The van der Waals surface area contributed by atoms with Gasteiger partial charge in [0.25, 0.3) is 0 Å². The van der Waals surface area contributed by atoms with Crippen LogP contribution in [0.2, 0.25) is 0 Å². The Morgan fingerprint density at radius 3 is 2.50 bits per heavy atom. The van der Waals surface area contributed by atoms with Crippen molar-refractivity contribution >= 4 is 62.2 Å². The van der Waals surface area contributed by atoms with Crippen LogP contribution in [0.4, 0.5) is 0 Å². The molecule has 0 aliphatic carbocycles. The molecule has 0 saturated carbocycles. The molecule has 4 rings (SSSR count). The number of para-hydroxylation sites is 1. The maximum Gasteiger partial charge on any atom is 0.169 e. The molecule has 0 unspecified atom stereocenters. The summed E-state index contributed by atoms with van der Waals surface area (Å²) in [5, 5.41) is 1.01. The summed E-state index contributed by atoms with van der Waals surface area (Å²) in [6.07, 6.45) is 4.17. The van der Waals surface area contributed by atoms with Gasteiger partial charge in [0.1, 0.15) is 5.01 Å². The highest BCUT2D eigenvalue weighted by Gasteiger charge is 2.08. The van der Waals surface area contributed by atoms with Gasteiger partial charge in [-0.3, -0.25) is 4.79 Å². The van der Waals surface area contributed by atoms with Gasteiger partial charge >= 0.3 is 0 Å². The van der Waals surface area contributed by atoms with Gasteiger partial charge in [-0.1, -0.05) is 12.1 Å². The Morgan fingerprint density at radius 1 is 0.917 bits per heavy atom. The molecule has 0 spiro atoms. The van der Waals surface area contributed by atoms with E-state index in [9.17, 15) is 4.79 Å². The monoisotopic (exact) mass is 367 g/mol. The van der Waals surface area contributed by atoms with Crippen molar-refractivity contribution in [2.75, 3.05) is 0 Å². The van der Waals surface area contributed by atoms with E-state index in [2.05, 4.69) is 35.3 Å². The predicted molar refractivity (Wildman–Crippen MR) is 106 cm³/mol. The molecule has 0 radical (unpaired) electrons. The first kappa shape index (κ1) is 15.4. The van der Waals surface area contributed by atoms with Gasteiger partial charge in [-0.05, 0) is 55.5 Å². The highest BCUT2D eigenvalue weighted by molar-refractivity contribution is 7.23. The smallest absolute Gasteiger partial charge is 0.169 e. The molecule has 0 atom stereocenters. The van der Waals surface area contributed by atoms with E-state index in [1.165, 1.54) is 14.5 Å². The Kier molecular flexibility index (Phi) is 4.14. The van der Waals surface area contributed by atoms with Crippen molar-refractivity contribution in [3.8, 4) is 9.75 Å². The standard InChI is InChI=1S/C19H13NOS3/c1-12(21)15-9-10-18(23-15)17-8-6-13(22-17)7-11-19-20-14-4-2-3-5-16(14)24-19/h2-11H,1H3/b11-7+. The molecule has 3 heterocycles. The first-order chi connectivity index (χ1) is 11.7. The summed E-state index contributed by atoms with van der Waals surface area (Å²) in [7, 11) is 0. The van der Waals surface area contributed by atoms with Gasteiger partial charge in [0.2, 0.25) is 0 Å². The first-order valence-electron chi connectivity index (χ1n) is 7.44. The highest BCUT2D eigenvalue weighted by Crippen LogP contribution is 2.34. The van der Waals surface area contributed by atoms with Gasteiger partial charge in [-0.15, -0.1) is 34.0 Å². The summed E-state index contributed by atoms with van der Waals surface area (Å²) in [5.41, 5.74) is 1.05. The minimum absolute atomic E-state index is 0.124. The summed E-state index contributed by atoms with van der Waals surface area (Å²) in [5.74, 6) is 0.124. The van der Waals surface area contributed by atoms with Gasteiger partial charge in [0, 0.05) is 14.6 Å².